The largest absolute Gasteiger partial charge is 0.424 e. The minimum atomic E-state index is -0.483. The van der Waals surface area contributed by atoms with Crippen LogP contribution >= 0.6 is 23.5 Å². The maximum absolute atomic E-state index is 12.3. The zero-order valence-electron chi connectivity index (χ0n) is 72.6. The van der Waals surface area contributed by atoms with E-state index in [4.69, 9.17) is 4.74 Å². The number of esters is 1. The second-order valence-electron chi connectivity index (χ2n) is 29.9. The van der Waals surface area contributed by atoms with Crippen LogP contribution in [0.15, 0.2) is 126 Å². The van der Waals surface area contributed by atoms with Crippen LogP contribution in [0.4, 0.5) is 39.8 Å². The van der Waals surface area contributed by atoms with Crippen molar-refractivity contribution in [2.75, 3.05) is 109 Å². The number of ketones is 3. The number of carbonyl (C=O) groups excluding carboxylic acids is 14. The van der Waals surface area contributed by atoms with E-state index in [1.165, 1.54) is 28.5 Å². The van der Waals surface area contributed by atoms with E-state index in [0.29, 0.717) is 41.3 Å². The van der Waals surface area contributed by atoms with Crippen molar-refractivity contribution in [3.8, 4) is 5.75 Å². The van der Waals surface area contributed by atoms with Gasteiger partial charge in [-0.2, -0.15) is 11.8 Å². The summed E-state index contributed by atoms with van der Waals surface area (Å²) in [6, 6.07) is 36.7. The first-order valence-corrected chi connectivity index (χ1v) is 41.9. The number of Topliss-reactive ketones (excluding diaryl/α,β-unsaturated/α-hetero) is 3. The maximum atomic E-state index is 12.3. The van der Waals surface area contributed by atoms with Gasteiger partial charge in [0.1, 0.15) is 17.3 Å². The number of para-hydroxylation sites is 8. The number of benzene rings is 5. The number of amides is 10. The van der Waals surface area contributed by atoms with Gasteiger partial charge in [0.15, 0.2) is 5.75 Å². The zero-order chi connectivity index (χ0) is 87.5. The molecule has 10 amide bonds. The van der Waals surface area contributed by atoms with Crippen LogP contribution < -0.4 is 39.9 Å². The number of anilines is 7. The molecule has 1 saturated heterocycles. The van der Waals surface area contributed by atoms with Crippen molar-refractivity contribution in [2.24, 2.45) is 41.4 Å². The molecule has 0 saturated carbocycles. The Morgan fingerprint density at radius 2 is 0.835 bits per heavy atom. The molecular formula is C89H129N9O15S2. The Balaban J connectivity index is 0.000000702. The topological polar surface area (TPSA) is 295 Å². The summed E-state index contributed by atoms with van der Waals surface area (Å²) in [5, 5.41) is 5.71. The lowest BCUT2D eigenvalue weighted by Gasteiger charge is -2.22. The Labute approximate surface area is 692 Å². The smallest absolute Gasteiger partial charge is 0.311 e. The van der Waals surface area contributed by atoms with Crippen LogP contribution in [0.2, 0.25) is 0 Å². The van der Waals surface area contributed by atoms with Gasteiger partial charge in [0.2, 0.25) is 59.1 Å². The van der Waals surface area contributed by atoms with E-state index in [-0.39, 0.29) is 169 Å². The number of hydrogen-bond donors (Lipinski definition) is 2. The molecule has 1 aliphatic heterocycles. The lowest BCUT2D eigenvalue weighted by Crippen LogP contribution is -2.32. The van der Waals surface area contributed by atoms with Crippen molar-refractivity contribution in [1.29, 1.82) is 0 Å². The van der Waals surface area contributed by atoms with Gasteiger partial charge < -0.3 is 54.4 Å². The van der Waals surface area contributed by atoms with E-state index in [9.17, 15) is 67.1 Å². The van der Waals surface area contributed by atoms with Crippen molar-refractivity contribution in [3.05, 3.63) is 127 Å². The number of carbonyl (C=O) groups is 14. The lowest BCUT2D eigenvalue weighted by atomic mass is 10.0. The van der Waals surface area contributed by atoms with Crippen molar-refractivity contribution >= 4 is 146 Å². The van der Waals surface area contributed by atoms with Crippen LogP contribution in [0.5, 0.6) is 5.75 Å². The van der Waals surface area contributed by atoms with Gasteiger partial charge >= 0.3 is 5.97 Å². The summed E-state index contributed by atoms with van der Waals surface area (Å²) in [6.07, 6.45) is 8.23. The Morgan fingerprint density at radius 3 is 1.25 bits per heavy atom. The van der Waals surface area contributed by atoms with Gasteiger partial charge in [-0.05, 0) is 99.4 Å². The third kappa shape index (κ3) is 37.1. The maximum Gasteiger partial charge on any atom is 0.311 e. The normalized spacial score (nSPS) is 11.9. The fourth-order valence-electron chi connectivity index (χ4n) is 11.1. The van der Waals surface area contributed by atoms with E-state index in [0.717, 1.165) is 52.7 Å². The third-order valence-electron chi connectivity index (χ3n) is 17.8. The predicted molar refractivity (Wildman–Crippen MR) is 467 cm³/mol. The Bertz CT molecular complexity index is 3930. The van der Waals surface area contributed by atoms with Crippen LogP contribution in [0.25, 0.3) is 0 Å². The average molecular weight is 1630 g/mol. The van der Waals surface area contributed by atoms with Gasteiger partial charge in [-0.25, -0.2) is 0 Å². The molecule has 1 atom stereocenters. The molecule has 0 aliphatic carbocycles. The summed E-state index contributed by atoms with van der Waals surface area (Å²) in [5.41, 5.74) is 5.70. The van der Waals surface area contributed by atoms with E-state index < -0.39 is 5.97 Å². The molecule has 6 rings (SSSR count). The number of ether oxygens (including phenoxy) is 1. The van der Waals surface area contributed by atoms with Crippen LogP contribution in [0.1, 0.15) is 181 Å². The highest BCUT2D eigenvalue weighted by molar-refractivity contribution is 7.98. The van der Waals surface area contributed by atoms with Crippen LogP contribution in [0.3, 0.4) is 0 Å². The number of hydrogen-bond acceptors (Lipinski definition) is 17. The molecule has 0 aromatic heterocycles. The summed E-state index contributed by atoms with van der Waals surface area (Å²) in [5.74, 6) is -0.0308. The molecule has 1 fully saturated rings. The van der Waals surface area contributed by atoms with Crippen molar-refractivity contribution in [3.63, 3.8) is 0 Å². The first-order chi connectivity index (χ1) is 54.0. The molecule has 5 aromatic rings. The number of nitrogens with zero attached hydrogens (tertiary/aromatic N) is 7. The molecule has 0 radical (unpaired) electrons. The van der Waals surface area contributed by atoms with E-state index >= 15 is 0 Å². The van der Waals surface area contributed by atoms with Gasteiger partial charge in [0.05, 0.1) is 40.5 Å². The quantitative estimate of drug-likeness (QED) is 0.0171. The standard InChI is InChI=1S/C20H27N3O4.C17H23NO3.C16H24N2O2.C16H21NO4.C12H17NOS.C8H17NOS/c1-13(2)19(26)22(4)16-9-6-5-8-15(16)21-17(24)10-7-11-23-18(25)12-14(3)20(23)27;1-12(2)17(21)18(4)16-8-6-5-7-14(16)11-15(20)10-9-13(3)19;1-5-6-11-15(19)17-13-9-7-8-10-14(13)18(4)16(20)12(2)3;1-11(2)16(20)17(4)13-7-5-6-8-14(13)21-15(19)10-9-12(3)18;1-9(2)12(14)13(3)10-7-5-6-8-11(10)15-4;1-7(2)8(10)9(3)5-6-11-4/h5-6,8-9,13-14H,7,10-12H2,1-4H3,(H,21,24);5-8,12H,9-11H2,1-4H3;7-10,12H,5-6,11H2,1-4H3,(H,17,19);5-8,11H,9-10H2,1-4H3;5-9H,1-4H3;7H,5-6H2,1-4H3. The van der Waals surface area contributed by atoms with Crippen LogP contribution in [0, 0.1) is 41.4 Å². The van der Waals surface area contributed by atoms with Gasteiger partial charge in [-0.3, -0.25) is 62.4 Å². The Morgan fingerprint density at radius 1 is 0.461 bits per heavy atom. The minimum absolute atomic E-state index is 0.00954. The molecule has 26 heteroatoms. The van der Waals surface area contributed by atoms with Crippen molar-refractivity contribution in [1.82, 2.24) is 9.80 Å². The highest BCUT2D eigenvalue weighted by Gasteiger charge is 2.35. The highest BCUT2D eigenvalue weighted by atomic mass is 32.2. The van der Waals surface area contributed by atoms with Gasteiger partial charge in [-0.1, -0.05) is 170 Å². The first kappa shape index (κ1) is 103. The molecule has 5 aromatic carbocycles. The molecule has 2 N–H and O–H groups in total. The molecule has 24 nitrogen and oxygen atoms in total. The Kier molecular flexibility index (Phi) is 48.5. The van der Waals surface area contributed by atoms with Gasteiger partial charge in [0.25, 0.3) is 0 Å². The third-order valence-corrected chi connectivity index (χ3v) is 19.2. The number of thioether (sulfide) groups is 2. The first-order valence-electron chi connectivity index (χ1n) is 39.3. The highest BCUT2D eigenvalue weighted by Crippen LogP contribution is 2.32. The molecule has 0 bridgehead atoms. The van der Waals surface area contributed by atoms with E-state index in [1.54, 1.807) is 141 Å². The second-order valence-corrected chi connectivity index (χ2v) is 31.7. The average Bonchev–Trinajstić information content (AvgIpc) is 1.49. The summed E-state index contributed by atoms with van der Waals surface area (Å²) in [7, 11) is 10.5. The number of likely N-dealkylation sites (tertiary alicyclic amines) is 1. The van der Waals surface area contributed by atoms with Crippen LogP contribution in [-0.4, -0.2) is 166 Å². The Hall–Kier alpha value is -9.82. The fraction of sp³-hybridized carbons (Fsp3) is 0.506. The zero-order valence-corrected chi connectivity index (χ0v) is 74.2. The molecule has 632 valence electrons. The number of rotatable bonds is 33. The number of nitrogens with one attached hydrogen (secondary N) is 2. The second kappa shape index (κ2) is 54.1. The predicted octanol–water partition coefficient (Wildman–Crippen LogP) is 15.7. The SMILES string of the molecule is CC(=O)CCC(=O)Cc1ccccc1N(C)C(=O)C(C)C.CC(=O)CCC(=O)Oc1ccccc1N(C)C(=O)C(C)C.CC(C)C(=O)N(C)c1ccccc1NC(=O)CCCN1C(=O)CC(C)C1=O.CCCCC(=O)Nc1ccccc1N(C)C(=O)C(C)C.CSCCN(C)C(=O)C(C)C.CSc1ccccc1N(C)C(=O)C(C)C. The van der Waals surface area contributed by atoms with Gasteiger partial charge in [-0.15, -0.1) is 11.8 Å². The number of imide groups is 1. The van der Waals surface area contributed by atoms with E-state index in [1.807, 2.05) is 169 Å². The molecule has 0 spiro atoms. The monoisotopic (exact) mass is 1630 g/mol. The molecule has 1 heterocycles. The molecular weight excluding hydrogens is 1500 g/mol. The summed E-state index contributed by atoms with van der Waals surface area (Å²) in [6.45, 7) is 30.2. The molecule has 1 unspecified atom stereocenters. The molecule has 115 heavy (non-hydrogen) atoms. The lowest BCUT2D eigenvalue weighted by molar-refractivity contribution is -0.140. The fourth-order valence-corrected chi connectivity index (χ4v) is 12.2. The summed E-state index contributed by atoms with van der Waals surface area (Å²) < 4.78 is 5.26. The van der Waals surface area contributed by atoms with E-state index in [2.05, 4.69) is 17.6 Å². The molecule has 1 aliphatic rings. The summed E-state index contributed by atoms with van der Waals surface area (Å²) >= 11 is 3.42. The van der Waals surface area contributed by atoms with Crippen LogP contribution in [-0.2, 0) is 73.5 Å². The van der Waals surface area contributed by atoms with Gasteiger partial charge in [0, 0.05) is 158 Å². The number of unbranched alkanes of at least 4 members (excludes halogenated alkanes) is 1. The summed E-state index contributed by atoms with van der Waals surface area (Å²) in [4.78, 5) is 177. The minimum Gasteiger partial charge on any atom is -0.424 e. The van der Waals surface area contributed by atoms with Crippen molar-refractivity contribution in [2.45, 2.75) is 186 Å². The van der Waals surface area contributed by atoms with Crippen molar-refractivity contribution < 1.29 is 71.9 Å².